The molecule has 5 nitrogen and oxygen atoms in total. The normalized spacial score (nSPS) is 10.7. The summed E-state index contributed by atoms with van der Waals surface area (Å²) in [5, 5.41) is 9.03. The smallest absolute Gasteiger partial charge is 0.221 e. The van der Waals surface area contributed by atoms with Crippen LogP contribution in [0, 0.1) is 5.82 Å². The Bertz CT molecular complexity index is 735. The minimum absolute atomic E-state index is 0. The van der Waals surface area contributed by atoms with E-state index in [2.05, 4.69) is 20.9 Å². The lowest BCUT2D eigenvalue weighted by Crippen LogP contribution is -2.38. The van der Waals surface area contributed by atoms with Gasteiger partial charge in [0.15, 0.2) is 5.96 Å². The van der Waals surface area contributed by atoms with Gasteiger partial charge in [-0.05, 0) is 30.2 Å². The lowest BCUT2D eigenvalue weighted by molar-refractivity contribution is -0.114. The first-order chi connectivity index (χ1) is 12.1. The minimum atomic E-state index is -0.232. The number of rotatable bonds is 6. The number of benzene rings is 2. The molecule has 0 heterocycles. The maximum atomic E-state index is 13.6. The van der Waals surface area contributed by atoms with E-state index in [1.807, 2.05) is 24.3 Å². The van der Waals surface area contributed by atoms with Crippen molar-refractivity contribution in [3.63, 3.8) is 0 Å². The van der Waals surface area contributed by atoms with E-state index in [1.165, 1.54) is 13.0 Å². The third kappa shape index (κ3) is 7.38. The van der Waals surface area contributed by atoms with Crippen LogP contribution >= 0.6 is 24.0 Å². The van der Waals surface area contributed by atoms with Gasteiger partial charge in [0.25, 0.3) is 0 Å². The molecule has 1 amide bonds. The number of halogens is 2. The molecule has 7 heteroatoms. The standard InChI is InChI=1S/C19H23FN4O.HI/c1-14(25)24-17-9-7-15(8-10-17)11-12-22-19(21-2)23-13-16-5-3-4-6-18(16)20;/h3-10H,11-13H2,1-2H3,(H,24,25)(H2,21,22,23);1H. The van der Waals surface area contributed by atoms with Crippen LogP contribution in [0.5, 0.6) is 0 Å². The summed E-state index contributed by atoms with van der Waals surface area (Å²) in [7, 11) is 1.68. The molecule has 0 aliphatic heterocycles. The second kappa shape index (κ2) is 11.5. The van der Waals surface area contributed by atoms with Crippen LogP contribution in [-0.2, 0) is 17.8 Å². The number of nitrogens with one attached hydrogen (secondary N) is 3. The van der Waals surface area contributed by atoms with Gasteiger partial charge in [0.1, 0.15) is 5.82 Å². The van der Waals surface area contributed by atoms with Gasteiger partial charge in [0, 0.05) is 38.3 Å². The van der Waals surface area contributed by atoms with Crippen molar-refractivity contribution in [1.82, 2.24) is 10.6 Å². The Balaban J connectivity index is 0.00000338. The van der Waals surface area contributed by atoms with Crippen molar-refractivity contribution in [2.45, 2.75) is 19.9 Å². The Hall–Kier alpha value is -2.16. The largest absolute Gasteiger partial charge is 0.356 e. The van der Waals surface area contributed by atoms with Gasteiger partial charge >= 0.3 is 0 Å². The zero-order valence-electron chi connectivity index (χ0n) is 14.9. The first-order valence-corrected chi connectivity index (χ1v) is 8.13. The number of amides is 1. The molecule has 0 unspecified atom stereocenters. The fraction of sp³-hybridized carbons (Fsp3) is 0.263. The fourth-order valence-electron chi connectivity index (χ4n) is 2.32. The van der Waals surface area contributed by atoms with Crippen molar-refractivity contribution in [3.8, 4) is 0 Å². The number of hydrogen-bond acceptors (Lipinski definition) is 2. The SMILES string of the molecule is CN=C(NCCc1ccc(NC(C)=O)cc1)NCc1ccccc1F.I. The molecular weight excluding hydrogens is 446 g/mol. The average Bonchev–Trinajstić information content (AvgIpc) is 2.60. The van der Waals surface area contributed by atoms with Crippen LogP contribution in [0.4, 0.5) is 10.1 Å². The molecule has 0 saturated carbocycles. The number of aliphatic imine (C=N–C) groups is 1. The molecule has 0 aromatic heterocycles. The summed E-state index contributed by atoms with van der Waals surface area (Å²) >= 11 is 0. The number of anilines is 1. The molecule has 3 N–H and O–H groups in total. The molecule has 0 aliphatic carbocycles. The molecule has 0 saturated heterocycles. The molecule has 2 rings (SSSR count). The van der Waals surface area contributed by atoms with Crippen LogP contribution in [0.25, 0.3) is 0 Å². The predicted octanol–water partition coefficient (Wildman–Crippen LogP) is 3.31. The third-order valence-corrected chi connectivity index (χ3v) is 3.61. The lowest BCUT2D eigenvalue weighted by Gasteiger charge is -2.12. The van der Waals surface area contributed by atoms with Crippen LogP contribution in [0.1, 0.15) is 18.1 Å². The summed E-state index contributed by atoms with van der Waals surface area (Å²) in [5.74, 6) is 0.307. The van der Waals surface area contributed by atoms with Crippen molar-refractivity contribution in [3.05, 3.63) is 65.5 Å². The topological polar surface area (TPSA) is 65.5 Å². The summed E-state index contributed by atoms with van der Waals surface area (Å²) in [6.45, 7) is 2.55. The van der Waals surface area contributed by atoms with E-state index >= 15 is 0 Å². The molecule has 26 heavy (non-hydrogen) atoms. The van der Waals surface area contributed by atoms with Crippen LogP contribution in [0.2, 0.25) is 0 Å². The molecule has 0 bridgehead atoms. The maximum Gasteiger partial charge on any atom is 0.221 e. The highest BCUT2D eigenvalue weighted by atomic mass is 127. The van der Waals surface area contributed by atoms with E-state index in [0.717, 1.165) is 17.7 Å². The number of hydrogen-bond donors (Lipinski definition) is 3. The number of carbonyl (C=O) groups is 1. The zero-order chi connectivity index (χ0) is 18.1. The van der Waals surface area contributed by atoms with E-state index in [1.54, 1.807) is 25.2 Å². The Kier molecular flexibility index (Phi) is 9.64. The van der Waals surface area contributed by atoms with Gasteiger partial charge < -0.3 is 16.0 Å². The van der Waals surface area contributed by atoms with Gasteiger partial charge in [0.05, 0.1) is 0 Å². The molecule has 0 radical (unpaired) electrons. The summed E-state index contributed by atoms with van der Waals surface area (Å²) in [4.78, 5) is 15.1. The average molecular weight is 470 g/mol. The van der Waals surface area contributed by atoms with E-state index in [-0.39, 0.29) is 35.7 Å². The Labute approximate surface area is 170 Å². The van der Waals surface area contributed by atoms with Crippen molar-refractivity contribution in [2.75, 3.05) is 18.9 Å². The summed E-state index contributed by atoms with van der Waals surface area (Å²) < 4.78 is 13.6. The van der Waals surface area contributed by atoms with E-state index in [0.29, 0.717) is 24.6 Å². The first kappa shape index (κ1) is 21.9. The lowest BCUT2D eigenvalue weighted by atomic mass is 10.1. The van der Waals surface area contributed by atoms with E-state index in [4.69, 9.17) is 0 Å². The predicted molar refractivity (Wildman–Crippen MR) is 114 cm³/mol. The summed E-state index contributed by atoms with van der Waals surface area (Å²) in [6.07, 6.45) is 0.806. The molecule has 0 fully saturated rings. The van der Waals surface area contributed by atoms with Gasteiger partial charge in [0.2, 0.25) is 5.91 Å². The molecule has 0 atom stereocenters. The highest BCUT2D eigenvalue weighted by Crippen LogP contribution is 2.09. The molecule has 2 aromatic carbocycles. The first-order valence-electron chi connectivity index (χ1n) is 8.13. The van der Waals surface area contributed by atoms with Crippen molar-refractivity contribution in [2.24, 2.45) is 4.99 Å². The summed E-state index contributed by atoms with van der Waals surface area (Å²) in [6, 6.07) is 14.4. The highest BCUT2D eigenvalue weighted by Gasteiger charge is 2.03. The zero-order valence-corrected chi connectivity index (χ0v) is 17.2. The number of nitrogens with zero attached hydrogens (tertiary/aromatic N) is 1. The van der Waals surface area contributed by atoms with E-state index in [9.17, 15) is 9.18 Å². The van der Waals surface area contributed by atoms with Gasteiger partial charge in [-0.2, -0.15) is 0 Å². The van der Waals surface area contributed by atoms with Gasteiger partial charge in [-0.15, -0.1) is 24.0 Å². The second-order valence-electron chi connectivity index (χ2n) is 5.57. The Morgan fingerprint density at radius 1 is 1.08 bits per heavy atom. The van der Waals surface area contributed by atoms with Crippen LogP contribution in [-0.4, -0.2) is 25.5 Å². The van der Waals surface area contributed by atoms with E-state index < -0.39 is 0 Å². The molecular formula is C19H24FIN4O. The third-order valence-electron chi connectivity index (χ3n) is 3.61. The molecule has 140 valence electrons. The Morgan fingerprint density at radius 2 is 1.77 bits per heavy atom. The second-order valence-corrected chi connectivity index (χ2v) is 5.57. The van der Waals surface area contributed by atoms with Crippen LogP contribution in [0.3, 0.4) is 0 Å². The Morgan fingerprint density at radius 3 is 2.38 bits per heavy atom. The van der Waals surface area contributed by atoms with Crippen LogP contribution < -0.4 is 16.0 Å². The molecule has 2 aromatic rings. The minimum Gasteiger partial charge on any atom is -0.356 e. The van der Waals surface area contributed by atoms with Gasteiger partial charge in [-0.25, -0.2) is 4.39 Å². The van der Waals surface area contributed by atoms with Gasteiger partial charge in [-0.1, -0.05) is 30.3 Å². The number of carbonyl (C=O) groups excluding carboxylic acids is 1. The van der Waals surface area contributed by atoms with Crippen molar-refractivity contribution >= 4 is 41.5 Å². The molecule has 0 aliphatic rings. The highest BCUT2D eigenvalue weighted by molar-refractivity contribution is 14.0. The quantitative estimate of drug-likeness (QED) is 0.345. The van der Waals surface area contributed by atoms with Gasteiger partial charge in [-0.3, -0.25) is 9.79 Å². The van der Waals surface area contributed by atoms with Crippen LogP contribution in [0.15, 0.2) is 53.5 Å². The van der Waals surface area contributed by atoms with Crippen molar-refractivity contribution < 1.29 is 9.18 Å². The summed E-state index contributed by atoms with van der Waals surface area (Å²) in [5.41, 5.74) is 2.52. The van der Waals surface area contributed by atoms with Crippen molar-refractivity contribution in [1.29, 1.82) is 0 Å². The maximum absolute atomic E-state index is 13.6. The monoisotopic (exact) mass is 470 g/mol. The number of guanidine groups is 1. The fourth-order valence-corrected chi connectivity index (χ4v) is 2.32. The molecule has 0 spiro atoms.